The number of aryl methyl sites for hydroxylation is 1. The Balaban J connectivity index is 1.52. The average Bonchev–Trinajstić information content (AvgIpc) is 3.26. The first-order valence-corrected chi connectivity index (χ1v) is 8.77. The molecule has 0 saturated carbocycles. The van der Waals surface area contributed by atoms with Gasteiger partial charge in [-0.25, -0.2) is 0 Å². The van der Waals surface area contributed by atoms with Crippen LogP contribution < -0.4 is 15.7 Å². The second-order valence-corrected chi connectivity index (χ2v) is 6.40. The van der Waals surface area contributed by atoms with Crippen molar-refractivity contribution in [3.63, 3.8) is 0 Å². The first-order chi connectivity index (χ1) is 12.5. The zero-order valence-corrected chi connectivity index (χ0v) is 14.8. The highest BCUT2D eigenvalue weighted by atomic mass is 32.1. The Morgan fingerprint density at radius 3 is 2.69 bits per heavy atom. The molecule has 0 unspecified atom stereocenters. The lowest BCUT2D eigenvalue weighted by Gasteiger charge is -2.07. The summed E-state index contributed by atoms with van der Waals surface area (Å²) < 4.78 is 1.52. The molecular formula is C17H17N5O3S. The number of hydrazine groups is 1. The van der Waals surface area contributed by atoms with E-state index in [0.29, 0.717) is 5.69 Å². The van der Waals surface area contributed by atoms with Gasteiger partial charge in [0.15, 0.2) is 0 Å². The van der Waals surface area contributed by atoms with Crippen molar-refractivity contribution in [2.45, 2.75) is 19.9 Å². The van der Waals surface area contributed by atoms with Gasteiger partial charge in [0.2, 0.25) is 5.91 Å². The van der Waals surface area contributed by atoms with Gasteiger partial charge in [0.05, 0.1) is 5.69 Å². The van der Waals surface area contributed by atoms with E-state index in [-0.39, 0.29) is 23.5 Å². The number of aromatic amines is 1. The number of aromatic nitrogens is 3. The fraction of sp³-hybridized carbons (Fsp3) is 0.176. The molecule has 134 valence electrons. The van der Waals surface area contributed by atoms with E-state index in [1.165, 1.54) is 4.57 Å². The number of rotatable bonds is 5. The lowest BCUT2D eigenvalue weighted by Crippen LogP contribution is -2.42. The Morgan fingerprint density at radius 1 is 1.23 bits per heavy atom. The molecule has 3 N–H and O–H groups in total. The summed E-state index contributed by atoms with van der Waals surface area (Å²) in [7, 11) is 0. The molecule has 9 heteroatoms. The van der Waals surface area contributed by atoms with Crippen LogP contribution in [0.2, 0.25) is 0 Å². The number of carbonyl (C=O) groups excluding carboxylic acids is 2. The minimum Gasteiger partial charge on any atom is -0.303 e. The average molecular weight is 371 g/mol. The zero-order chi connectivity index (χ0) is 18.5. The summed E-state index contributed by atoms with van der Waals surface area (Å²) in [5, 5.41) is 8.47. The van der Waals surface area contributed by atoms with E-state index < -0.39 is 11.8 Å². The molecule has 8 nitrogen and oxygen atoms in total. The van der Waals surface area contributed by atoms with Crippen molar-refractivity contribution < 1.29 is 9.59 Å². The van der Waals surface area contributed by atoms with E-state index in [9.17, 15) is 14.4 Å². The number of benzene rings is 1. The van der Waals surface area contributed by atoms with Gasteiger partial charge in [0.25, 0.3) is 5.91 Å². The van der Waals surface area contributed by atoms with Crippen LogP contribution in [0.25, 0.3) is 11.3 Å². The van der Waals surface area contributed by atoms with E-state index in [0.717, 1.165) is 22.6 Å². The van der Waals surface area contributed by atoms with Gasteiger partial charge in [0.1, 0.15) is 5.69 Å². The number of hydrogen-bond acceptors (Lipinski definition) is 5. The highest BCUT2D eigenvalue weighted by Gasteiger charge is 2.12. The van der Waals surface area contributed by atoms with Crippen LogP contribution in [-0.4, -0.2) is 26.6 Å². The number of carbonyl (C=O) groups is 2. The van der Waals surface area contributed by atoms with Crippen LogP contribution in [0.1, 0.15) is 22.6 Å². The zero-order valence-electron chi connectivity index (χ0n) is 14.0. The first kappa shape index (κ1) is 17.6. The van der Waals surface area contributed by atoms with Gasteiger partial charge in [-0.05, 0) is 13.0 Å². The third-order valence-electron chi connectivity index (χ3n) is 3.75. The van der Waals surface area contributed by atoms with Crippen molar-refractivity contribution in [1.29, 1.82) is 0 Å². The topological polar surface area (TPSA) is 109 Å². The van der Waals surface area contributed by atoms with Crippen molar-refractivity contribution in [3.8, 4) is 11.3 Å². The molecule has 3 rings (SSSR count). The number of thiazole rings is 1. The van der Waals surface area contributed by atoms with Crippen molar-refractivity contribution in [2.24, 2.45) is 0 Å². The third kappa shape index (κ3) is 4.06. The fourth-order valence-electron chi connectivity index (χ4n) is 2.34. The molecule has 26 heavy (non-hydrogen) atoms. The summed E-state index contributed by atoms with van der Waals surface area (Å²) in [5.41, 5.74) is 7.21. The van der Waals surface area contributed by atoms with Gasteiger partial charge < -0.3 is 4.57 Å². The van der Waals surface area contributed by atoms with E-state index >= 15 is 0 Å². The lowest BCUT2D eigenvalue weighted by molar-refractivity contribution is -0.122. The Bertz CT molecular complexity index is 974. The predicted octanol–water partition coefficient (Wildman–Crippen LogP) is 1.46. The molecule has 0 aliphatic heterocycles. The van der Waals surface area contributed by atoms with Crippen LogP contribution in [-0.2, 0) is 11.3 Å². The summed E-state index contributed by atoms with van der Waals surface area (Å²) >= 11 is 1.09. The molecule has 0 aliphatic rings. The molecular weight excluding hydrogens is 354 g/mol. The first-order valence-electron chi connectivity index (χ1n) is 7.89. The second kappa shape index (κ2) is 7.79. The van der Waals surface area contributed by atoms with Gasteiger partial charge in [-0.2, -0.15) is 5.10 Å². The molecule has 2 heterocycles. The Kier molecular flexibility index (Phi) is 5.28. The minimum atomic E-state index is -0.503. The minimum absolute atomic E-state index is 0.0794. The number of H-pyrrole nitrogens is 1. The summed E-state index contributed by atoms with van der Waals surface area (Å²) in [5.74, 6) is -0.893. The van der Waals surface area contributed by atoms with Crippen LogP contribution in [0, 0.1) is 6.92 Å². The molecule has 1 aromatic carbocycles. The molecule has 0 saturated heterocycles. The highest BCUT2D eigenvalue weighted by Crippen LogP contribution is 2.16. The summed E-state index contributed by atoms with van der Waals surface area (Å²) in [6.45, 7) is 2.07. The number of nitrogens with zero attached hydrogens (tertiary/aromatic N) is 2. The van der Waals surface area contributed by atoms with Crippen molar-refractivity contribution in [1.82, 2.24) is 25.6 Å². The molecule has 0 bridgehead atoms. The van der Waals surface area contributed by atoms with Crippen LogP contribution >= 0.6 is 11.3 Å². The quantitative estimate of drug-likeness (QED) is 0.590. The van der Waals surface area contributed by atoms with Gasteiger partial charge in [-0.3, -0.25) is 30.3 Å². The van der Waals surface area contributed by atoms with Crippen LogP contribution in [0.5, 0.6) is 0 Å². The lowest BCUT2D eigenvalue weighted by atomic mass is 10.1. The Labute approximate surface area is 152 Å². The van der Waals surface area contributed by atoms with Gasteiger partial charge in [-0.15, -0.1) is 0 Å². The maximum Gasteiger partial charge on any atom is 0.307 e. The van der Waals surface area contributed by atoms with Crippen molar-refractivity contribution in [2.75, 3.05) is 0 Å². The maximum absolute atomic E-state index is 12.1. The molecule has 0 radical (unpaired) electrons. The molecule has 3 aromatic rings. The van der Waals surface area contributed by atoms with E-state index in [1.807, 2.05) is 30.3 Å². The monoisotopic (exact) mass is 371 g/mol. The molecule has 0 atom stereocenters. The standard InChI is InChI=1S/C17H17N5O3S/c1-11-10-26-17(25)22(11)8-7-15(23)20-21-16(24)14-9-13(18-19-14)12-5-3-2-4-6-12/h2-6,9-10H,7-8H2,1H3,(H,18,19)(H,20,23)(H,21,24). The maximum atomic E-state index is 12.1. The number of amides is 2. The van der Waals surface area contributed by atoms with Gasteiger partial charge in [-0.1, -0.05) is 41.7 Å². The molecule has 2 amide bonds. The van der Waals surface area contributed by atoms with Crippen molar-refractivity contribution >= 4 is 23.2 Å². The van der Waals surface area contributed by atoms with Crippen LogP contribution in [0.3, 0.4) is 0 Å². The second-order valence-electron chi connectivity index (χ2n) is 5.58. The fourth-order valence-corrected chi connectivity index (χ4v) is 3.10. The third-order valence-corrected chi connectivity index (χ3v) is 4.63. The smallest absolute Gasteiger partial charge is 0.303 e. The summed E-state index contributed by atoms with van der Waals surface area (Å²) in [4.78, 5) is 35.4. The van der Waals surface area contributed by atoms with Crippen LogP contribution in [0.4, 0.5) is 0 Å². The molecule has 0 aliphatic carbocycles. The number of hydrogen-bond donors (Lipinski definition) is 3. The van der Waals surface area contributed by atoms with Crippen molar-refractivity contribution in [3.05, 3.63) is 62.8 Å². The highest BCUT2D eigenvalue weighted by molar-refractivity contribution is 7.07. The molecule has 2 aromatic heterocycles. The van der Waals surface area contributed by atoms with E-state index in [2.05, 4.69) is 21.0 Å². The Hall–Kier alpha value is -3.20. The largest absolute Gasteiger partial charge is 0.307 e. The van der Waals surface area contributed by atoms with Gasteiger partial charge in [0, 0.05) is 29.6 Å². The predicted molar refractivity (Wildman–Crippen MR) is 97.6 cm³/mol. The molecule has 0 fully saturated rings. The van der Waals surface area contributed by atoms with Gasteiger partial charge >= 0.3 is 4.87 Å². The number of nitrogens with one attached hydrogen (secondary N) is 3. The normalized spacial score (nSPS) is 10.5. The van der Waals surface area contributed by atoms with E-state index in [1.54, 1.807) is 18.4 Å². The van der Waals surface area contributed by atoms with E-state index in [4.69, 9.17) is 0 Å². The SMILES string of the molecule is Cc1csc(=O)n1CCC(=O)NNC(=O)c1cc(-c2ccccc2)n[nH]1. The van der Waals surface area contributed by atoms with Crippen LogP contribution in [0.15, 0.2) is 46.6 Å². The summed E-state index contributed by atoms with van der Waals surface area (Å²) in [6, 6.07) is 11.0. The Morgan fingerprint density at radius 2 is 2.00 bits per heavy atom. The molecule has 0 spiro atoms. The summed E-state index contributed by atoms with van der Waals surface area (Å²) in [6.07, 6.45) is 0.0794.